The highest BCUT2D eigenvalue weighted by molar-refractivity contribution is 5.88. The van der Waals surface area contributed by atoms with Crippen LogP contribution in [0.1, 0.15) is 6.42 Å². The lowest BCUT2D eigenvalue weighted by Gasteiger charge is -2.18. The first-order valence-corrected chi connectivity index (χ1v) is 7.02. The quantitative estimate of drug-likeness (QED) is 0.280. The van der Waals surface area contributed by atoms with Gasteiger partial charge < -0.3 is 21.6 Å². The van der Waals surface area contributed by atoms with Crippen molar-refractivity contribution in [2.24, 2.45) is 22.4 Å². The summed E-state index contributed by atoms with van der Waals surface area (Å²) >= 11 is 0. The van der Waals surface area contributed by atoms with E-state index in [2.05, 4.69) is 9.73 Å². The molecule has 1 unspecified atom stereocenters. The Hall–Kier alpha value is -2.49. The Kier molecular flexibility index (Phi) is 7.04. The molecule has 10 heteroatoms. The number of rotatable bonds is 7. The second kappa shape index (κ2) is 8.56. The molecule has 0 heterocycles. The average molecular weight is 364 g/mol. The standard InChI is InChI=1S/C15H17F5N4O/c16-14(17,9-22)13(23)24-8-11(2-1-7-21)10-3-5-12(6-4-10)25-15(18,19)20/h1-3,5-8,10,21H,4,9,22H2,(H2,23,24)/b2-1-,11-8+,21-7?. The maximum atomic E-state index is 13.3. The second-order valence-corrected chi connectivity index (χ2v) is 4.93. The Morgan fingerprint density at radius 2 is 2.04 bits per heavy atom. The van der Waals surface area contributed by atoms with Gasteiger partial charge in [0.1, 0.15) is 5.76 Å². The highest BCUT2D eigenvalue weighted by Gasteiger charge is 2.33. The molecule has 0 aromatic rings. The third-order valence-corrected chi connectivity index (χ3v) is 3.10. The predicted molar refractivity (Wildman–Crippen MR) is 84.1 cm³/mol. The Morgan fingerprint density at radius 1 is 1.36 bits per heavy atom. The van der Waals surface area contributed by atoms with Crippen LogP contribution in [0.15, 0.2) is 52.9 Å². The van der Waals surface area contributed by atoms with E-state index in [1.165, 1.54) is 24.3 Å². The van der Waals surface area contributed by atoms with Gasteiger partial charge in [-0.1, -0.05) is 12.2 Å². The number of hydrogen-bond acceptors (Lipinski definition) is 4. The van der Waals surface area contributed by atoms with Gasteiger partial charge in [0, 0.05) is 18.3 Å². The van der Waals surface area contributed by atoms with Gasteiger partial charge in [-0.15, -0.1) is 13.2 Å². The highest BCUT2D eigenvalue weighted by atomic mass is 19.4. The summed E-state index contributed by atoms with van der Waals surface area (Å²) in [5.74, 6) is -5.26. The zero-order valence-corrected chi connectivity index (χ0v) is 12.9. The molecule has 1 aliphatic rings. The van der Waals surface area contributed by atoms with Gasteiger partial charge in [0.05, 0.1) is 6.54 Å². The average Bonchev–Trinajstić information content (AvgIpc) is 2.54. The van der Waals surface area contributed by atoms with Crippen molar-refractivity contribution in [3.05, 3.63) is 47.9 Å². The molecule has 0 saturated heterocycles. The van der Waals surface area contributed by atoms with Crippen molar-refractivity contribution in [2.75, 3.05) is 6.54 Å². The smallest absolute Gasteiger partial charge is 0.406 e. The minimum Gasteiger partial charge on any atom is -0.406 e. The molecule has 0 aromatic carbocycles. The van der Waals surface area contributed by atoms with Crippen molar-refractivity contribution in [1.29, 1.82) is 5.41 Å². The lowest BCUT2D eigenvalue weighted by molar-refractivity contribution is -0.303. The minimum atomic E-state index is -4.80. The third kappa shape index (κ3) is 6.87. The number of amidine groups is 1. The van der Waals surface area contributed by atoms with Gasteiger partial charge in [-0.2, -0.15) is 8.78 Å². The number of alkyl halides is 5. The van der Waals surface area contributed by atoms with Crippen LogP contribution in [0.3, 0.4) is 0 Å². The van der Waals surface area contributed by atoms with Gasteiger partial charge in [-0.3, -0.25) is 0 Å². The Bertz CT molecular complexity index is 632. The summed E-state index contributed by atoms with van der Waals surface area (Å²) in [5, 5.41) is 6.98. The van der Waals surface area contributed by atoms with Crippen LogP contribution in [-0.4, -0.2) is 30.9 Å². The number of hydrogen-bond donors (Lipinski definition) is 3. The van der Waals surface area contributed by atoms with E-state index in [4.69, 9.17) is 16.9 Å². The van der Waals surface area contributed by atoms with Crippen molar-refractivity contribution >= 4 is 12.1 Å². The molecular formula is C15H17F5N4O. The van der Waals surface area contributed by atoms with E-state index in [0.29, 0.717) is 5.57 Å². The Balaban J connectivity index is 2.97. The fourth-order valence-electron chi connectivity index (χ4n) is 1.82. The molecule has 1 aliphatic carbocycles. The Morgan fingerprint density at radius 3 is 2.52 bits per heavy atom. The van der Waals surface area contributed by atoms with Gasteiger partial charge in [-0.05, 0) is 30.2 Å². The zero-order chi connectivity index (χ0) is 19.1. The molecule has 1 rings (SSSR count). The van der Waals surface area contributed by atoms with Crippen LogP contribution in [-0.2, 0) is 4.74 Å². The molecule has 25 heavy (non-hydrogen) atoms. The largest absolute Gasteiger partial charge is 0.573 e. The lowest BCUT2D eigenvalue weighted by atomic mass is 9.92. The second-order valence-electron chi connectivity index (χ2n) is 4.93. The number of halogens is 5. The van der Waals surface area contributed by atoms with E-state index in [1.807, 2.05) is 0 Å². The van der Waals surface area contributed by atoms with Crippen LogP contribution in [0.4, 0.5) is 22.0 Å². The lowest BCUT2D eigenvalue weighted by Crippen LogP contribution is -2.42. The molecule has 0 fully saturated rings. The molecule has 0 bridgehead atoms. The molecular weight excluding hydrogens is 347 g/mol. The van der Waals surface area contributed by atoms with Gasteiger partial charge >= 0.3 is 12.3 Å². The van der Waals surface area contributed by atoms with Crippen LogP contribution >= 0.6 is 0 Å². The molecule has 0 amide bonds. The third-order valence-electron chi connectivity index (χ3n) is 3.10. The fraction of sp³-hybridized carbons (Fsp3) is 0.333. The zero-order valence-electron chi connectivity index (χ0n) is 12.9. The van der Waals surface area contributed by atoms with Crippen LogP contribution in [0.25, 0.3) is 0 Å². The monoisotopic (exact) mass is 364 g/mol. The Labute approximate surface area is 140 Å². The van der Waals surface area contributed by atoms with Crippen LogP contribution in [0.5, 0.6) is 0 Å². The van der Waals surface area contributed by atoms with E-state index >= 15 is 0 Å². The summed E-state index contributed by atoms with van der Waals surface area (Å²) in [5.41, 5.74) is 10.5. The first-order valence-electron chi connectivity index (χ1n) is 7.02. The van der Waals surface area contributed by atoms with Crippen molar-refractivity contribution < 1.29 is 26.7 Å². The van der Waals surface area contributed by atoms with Crippen LogP contribution in [0, 0.1) is 11.3 Å². The van der Waals surface area contributed by atoms with Gasteiger partial charge in [0.15, 0.2) is 5.84 Å². The van der Waals surface area contributed by atoms with Crippen LogP contribution in [0.2, 0.25) is 0 Å². The van der Waals surface area contributed by atoms with Gasteiger partial charge in [0.2, 0.25) is 0 Å². The molecule has 138 valence electrons. The normalized spacial score (nSPS) is 19.9. The first kappa shape index (κ1) is 20.6. The summed E-state index contributed by atoms with van der Waals surface area (Å²) in [7, 11) is 0. The molecule has 0 spiro atoms. The number of ether oxygens (including phenoxy) is 1. The van der Waals surface area contributed by atoms with Crippen molar-refractivity contribution in [3.63, 3.8) is 0 Å². The molecule has 1 atom stereocenters. The summed E-state index contributed by atoms with van der Waals surface area (Å²) in [6.45, 7) is -1.01. The maximum Gasteiger partial charge on any atom is 0.573 e. The molecule has 5 N–H and O–H groups in total. The van der Waals surface area contributed by atoms with E-state index < -0.39 is 30.6 Å². The van der Waals surface area contributed by atoms with Crippen LogP contribution < -0.4 is 11.5 Å². The highest BCUT2D eigenvalue weighted by Crippen LogP contribution is 2.29. The summed E-state index contributed by atoms with van der Waals surface area (Å²) < 4.78 is 66.8. The first-order chi connectivity index (χ1) is 11.6. The van der Waals surface area contributed by atoms with E-state index in [9.17, 15) is 22.0 Å². The number of aliphatic imine (C=N–C) groups is 1. The maximum absolute atomic E-state index is 13.3. The van der Waals surface area contributed by atoms with Gasteiger partial charge in [-0.25, -0.2) is 4.99 Å². The fourth-order valence-corrected chi connectivity index (χ4v) is 1.82. The van der Waals surface area contributed by atoms with Crippen molar-refractivity contribution in [3.8, 4) is 0 Å². The molecule has 5 nitrogen and oxygen atoms in total. The SMILES string of the molecule is N=C/C=C\C(=C/N=C(N)C(F)(F)CN)C1C=CC(OC(F)(F)F)=CC1. The summed E-state index contributed by atoms with van der Waals surface area (Å²) in [6.07, 6.45) is 3.83. The molecule has 0 aromatic heterocycles. The minimum absolute atomic E-state index is 0.124. The van der Waals surface area contributed by atoms with Gasteiger partial charge in [0.25, 0.3) is 0 Å². The topological polar surface area (TPSA) is 97.5 Å². The summed E-state index contributed by atoms with van der Waals surface area (Å²) in [6, 6.07) is 0. The molecule has 0 aliphatic heterocycles. The van der Waals surface area contributed by atoms with Crippen molar-refractivity contribution in [1.82, 2.24) is 0 Å². The number of nitrogens with zero attached hydrogens (tertiary/aromatic N) is 1. The van der Waals surface area contributed by atoms with E-state index in [-0.39, 0.29) is 12.2 Å². The van der Waals surface area contributed by atoms with E-state index in [1.54, 1.807) is 0 Å². The summed E-state index contributed by atoms with van der Waals surface area (Å²) in [4.78, 5) is 3.48. The number of nitrogens with one attached hydrogen (secondary N) is 1. The van der Waals surface area contributed by atoms with Crippen molar-refractivity contribution in [2.45, 2.75) is 18.7 Å². The number of allylic oxidation sites excluding steroid dienone is 6. The predicted octanol–water partition coefficient (Wildman–Crippen LogP) is 3.02. The van der Waals surface area contributed by atoms with E-state index in [0.717, 1.165) is 18.5 Å². The number of nitrogens with two attached hydrogens (primary N) is 2. The molecule has 0 radical (unpaired) electrons. The molecule has 0 saturated carbocycles.